The highest BCUT2D eigenvalue weighted by atomic mass is 16.5. The summed E-state index contributed by atoms with van der Waals surface area (Å²) >= 11 is 0. The van der Waals surface area contributed by atoms with Gasteiger partial charge in [-0.05, 0) is 43.9 Å². The molecular formula is C17H29NO2. The van der Waals surface area contributed by atoms with Crippen LogP contribution in [0.25, 0.3) is 0 Å². The Balaban J connectivity index is 2.50. The molecule has 0 fully saturated rings. The van der Waals surface area contributed by atoms with Crippen molar-refractivity contribution in [2.45, 2.75) is 58.6 Å². The molecule has 0 bridgehead atoms. The average Bonchev–Trinajstić information content (AvgIpc) is 2.32. The fourth-order valence-electron chi connectivity index (χ4n) is 1.73. The monoisotopic (exact) mass is 279 g/mol. The molecule has 1 aromatic carbocycles. The number of aliphatic hydroxyl groups is 1. The molecule has 0 saturated carbocycles. The van der Waals surface area contributed by atoms with Gasteiger partial charge in [-0.25, -0.2) is 0 Å². The molecule has 0 amide bonds. The Morgan fingerprint density at radius 1 is 1.15 bits per heavy atom. The van der Waals surface area contributed by atoms with Gasteiger partial charge in [0.15, 0.2) is 0 Å². The summed E-state index contributed by atoms with van der Waals surface area (Å²) in [5, 5.41) is 13.2. The maximum atomic E-state index is 9.92. The molecule has 0 spiro atoms. The molecule has 0 saturated heterocycles. The van der Waals surface area contributed by atoms with E-state index in [0.717, 1.165) is 5.75 Å². The minimum atomic E-state index is -0.507. The molecule has 114 valence electrons. The van der Waals surface area contributed by atoms with Crippen LogP contribution >= 0.6 is 0 Å². The first kappa shape index (κ1) is 17.0. The highest BCUT2D eigenvalue weighted by molar-refractivity contribution is 5.32. The topological polar surface area (TPSA) is 41.5 Å². The molecule has 0 aliphatic rings. The summed E-state index contributed by atoms with van der Waals surface area (Å²) in [5.41, 5.74) is 1.34. The zero-order valence-corrected chi connectivity index (χ0v) is 13.7. The van der Waals surface area contributed by atoms with Gasteiger partial charge >= 0.3 is 0 Å². The second kappa shape index (κ2) is 6.59. The van der Waals surface area contributed by atoms with Crippen LogP contribution in [0.3, 0.4) is 0 Å². The third-order valence-corrected chi connectivity index (χ3v) is 3.01. The van der Waals surface area contributed by atoms with Gasteiger partial charge in [0, 0.05) is 12.1 Å². The van der Waals surface area contributed by atoms with E-state index in [1.54, 1.807) is 0 Å². The molecule has 0 aliphatic carbocycles. The van der Waals surface area contributed by atoms with Crippen molar-refractivity contribution in [1.82, 2.24) is 5.32 Å². The third kappa shape index (κ3) is 6.40. The number of hydrogen-bond acceptors (Lipinski definition) is 3. The van der Waals surface area contributed by atoms with Crippen molar-refractivity contribution in [3.05, 3.63) is 29.8 Å². The molecule has 1 aromatic rings. The maximum absolute atomic E-state index is 9.92. The molecule has 1 rings (SSSR count). The van der Waals surface area contributed by atoms with Crippen LogP contribution in [0, 0.1) is 0 Å². The van der Waals surface area contributed by atoms with E-state index in [1.807, 2.05) is 18.2 Å². The largest absolute Gasteiger partial charge is 0.491 e. The van der Waals surface area contributed by atoms with Crippen molar-refractivity contribution in [3.8, 4) is 5.75 Å². The van der Waals surface area contributed by atoms with E-state index in [9.17, 15) is 5.11 Å². The van der Waals surface area contributed by atoms with Gasteiger partial charge < -0.3 is 15.2 Å². The van der Waals surface area contributed by atoms with Gasteiger partial charge in [0.25, 0.3) is 0 Å². The van der Waals surface area contributed by atoms with Gasteiger partial charge in [0.1, 0.15) is 18.5 Å². The lowest BCUT2D eigenvalue weighted by atomic mass is 9.87. The van der Waals surface area contributed by atoms with Gasteiger partial charge in [-0.1, -0.05) is 32.9 Å². The summed E-state index contributed by atoms with van der Waals surface area (Å²) in [6.45, 7) is 13.6. The lowest BCUT2D eigenvalue weighted by Gasteiger charge is -2.23. The first-order valence-corrected chi connectivity index (χ1v) is 7.24. The van der Waals surface area contributed by atoms with E-state index in [-0.39, 0.29) is 11.0 Å². The Hall–Kier alpha value is -1.06. The van der Waals surface area contributed by atoms with Gasteiger partial charge in [-0.2, -0.15) is 0 Å². The van der Waals surface area contributed by atoms with Gasteiger partial charge in [0.2, 0.25) is 0 Å². The quantitative estimate of drug-likeness (QED) is 0.870. The Morgan fingerprint density at radius 2 is 1.80 bits per heavy atom. The molecule has 3 nitrogen and oxygen atoms in total. The molecule has 0 heterocycles. The number of hydrogen-bond donors (Lipinski definition) is 2. The van der Waals surface area contributed by atoms with Crippen molar-refractivity contribution in [1.29, 1.82) is 0 Å². The summed E-state index contributed by atoms with van der Waals surface area (Å²) in [5.74, 6) is 0.812. The Kier molecular flexibility index (Phi) is 5.60. The van der Waals surface area contributed by atoms with Gasteiger partial charge in [-0.15, -0.1) is 0 Å². The zero-order chi connectivity index (χ0) is 15.4. The van der Waals surface area contributed by atoms with Crippen LogP contribution in [-0.2, 0) is 5.41 Å². The molecule has 20 heavy (non-hydrogen) atoms. The highest BCUT2D eigenvalue weighted by Gasteiger charge is 2.15. The van der Waals surface area contributed by atoms with Crippen LogP contribution in [-0.4, -0.2) is 29.9 Å². The second-order valence-corrected chi connectivity index (χ2v) is 7.37. The summed E-state index contributed by atoms with van der Waals surface area (Å²) in [6.07, 6.45) is -0.507. The van der Waals surface area contributed by atoms with Crippen LogP contribution in [0.2, 0.25) is 0 Å². The maximum Gasteiger partial charge on any atom is 0.119 e. The van der Waals surface area contributed by atoms with E-state index < -0.39 is 6.10 Å². The van der Waals surface area contributed by atoms with Crippen LogP contribution in [0.15, 0.2) is 24.3 Å². The minimum Gasteiger partial charge on any atom is -0.491 e. The van der Waals surface area contributed by atoms with Crippen LogP contribution in [0.4, 0.5) is 0 Å². The second-order valence-electron chi connectivity index (χ2n) is 7.37. The van der Waals surface area contributed by atoms with Gasteiger partial charge in [-0.3, -0.25) is 0 Å². The molecule has 3 heteroatoms. The predicted molar refractivity (Wildman–Crippen MR) is 84.4 cm³/mol. The first-order chi connectivity index (χ1) is 9.08. The van der Waals surface area contributed by atoms with Crippen molar-refractivity contribution in [3.63, 3.8) is 0 Å². The summed E-state index contributed by atoms with van der Waals surface area (Å²) in [7, 11) is 0. The standard InChI is InChI=1S/C17H29NO2/c1-16(2,3)13-8-7-9-15(10-13)20-12-14(19)11-18-17(4,5)6/h7-10,14,18-19H,11-12H2,1-6H3. The normalized spacial score (nSPS) is 14.2. The van der Waals surface area contributed by atoms with Crippen molar-refractivity contribution in [2.75, 3.05) is 13.2 Å². The summed E-state index contributed by atoms with van der Waals surface area (Å²) < 4.78 is 5.68. The molecule has 1 unspecified atom stereocenters. The number of ether oxygens (including phenoxy) is 1. The molecule has 1 atom stereocenters. The molecule has 2 N–H and O–H groups in total. The van der Waals surface area contributed by atoms with Crippen LogP contribution in [0.5, 0.6) is 5.75 Å². The number of aliphatic hydroxyl groups excluding tert-OH is 1. The van der Waals surface area contributed by atoms with Crippen LogP contribution < -0.4 is 10.1 Å². The summed E-state index contributed by atoms with van der Waals surface area (Å²) in [6, 6.07) is 8.07. The smallest absolute Gasteiger partial charge is 0.119 e. The molecule has 0 radical (unpaired) electrons. The minimum absolute atomic E-state index is 0.00707. The van der Waals surface area contributed by atoms with E-state index in [1.165, 1.54) is 5.56 Å². The number of rotatable bonds is 5. The van der Waals surface area contributed by atoms with E-state index >= 15 is 0 Å². The molecule has 0 aliphatic heterocycles. The lowest BCUT2D eigenvalue weighted by Crippen LogP contribution is -2.42. The van der Waals surface area contributed by atoms with Crippen molar-refractivity contribution in [2.24, 2.45) is 0 Å². The highest BCUT2D eigenvalue weighted by Crippen LogP contribution is 2.25. The Bertz CT molecular complexity index is 416. The van der Waals surface area contributed by atoms with Crippen molar-refractivity contribution < 1.29 is 9.84 Å². The van der Waals surface area contributed by atoms with E-state index in [0.29, 0.717) is 13.2 Å². The first-order valence-electron chi connectivity index (χ1n) is 7.24. The number of nitrogens with one attached hydrogen (secondary N) is 1. The zero-order valence-electron chi connectivity index (χ0n) is 13.7. The number of β-amino-alcohol motifs (C(OH)–C–C–N with tert-alkyl or cyclic N) is 1. The molecular weight excluding hydrogens is 250 g/mol. The van der Waals surface area contributed by atoms with E-state index in [2.05, 4.69) is 52.9 Å². The third-order valence-electron chi connectivity index (χ3n) is 3.01. The fourth-order valence-corrected chi connectivity index (χ4v) is 1.73. The van der Waals surface area contributed by atoms with Crippen LogP contribution in [0.1, 0.15) is 47.1 Å². The Labute approximate surface area is 123 Å². The average molecular weight is 279 g/mol. The fraction of sp³-hybridized carbons (Fsp3) is 0.647. The summed E-state index contributed by atoms with van der Waals surface area (Å²) in [4.78, 5) is 0. The SMILES string of the molecule is CC(C)(C)NCC(O)COc1cccc(C(C)(C)C)c1. The van der Waals surface area contributed by atoms with Gasteiger partial charge in [0.05, 0.1) is 0 Å². The molecule has 0 aromatic heterocycles. The van der Waals surface area contributed by atoms with Crippen molar-refractivity contribution >= 4 is 0 Å². The lowest BCUT2D eigenvalue weighted by molar-refractivity contribution is 0.1000. The Morgan fingerprint density at radius 3 is 2.35 bits per heavy atom. The predicted octanol–water partition coefficient (Wildman–Crippen LogP) is 3.11. The van der Waals surface area contributed by atoms with E-state index in [4.69, 9.17) is 4.74 Å². The number of benzene rings is 1.